The van der Waals surface area contributed by atoms with Crippen molar-refractivity contribution in [3.8, 4) is 0 Å². The highest BCUT2D eigenvalue weighted by Gasteiger charge is 2.55. The Balaban J connectivity index is 1.91. The van der Waals surface area contributed by atoms with Crippen molar-refractivity contribution in [3.63, 3.8) is 0 Å². The molecule has 0 aliphatic heterocycles. The lowest BCUT2D eigenvalue weighted by atomic mass is 9.56. The molecule has 2 nitrogen and oxygen atoms in total. The molecule has 0 amide bonds. The lowest BCUT2D eigenvalue weighted by Crippen LogP contribution is -2.59. The van der Waals surface area contributed by atoms with Crippen molar-refractivity contribution < 1.29 is 23.0 Å². The van der Waals surface area contributed by atoms with Crippen LogP contribution in [0, 0.1) is 5.41 Å². The molecule has 2 aliphatic rings. The molecule has 2 fully saturated rings. The number of aliphatic hydroxyl groups is 1. The standard InChI is InChI=1S/C11H17F3O2/c12-11(13,14)7-16-9-6-8(15)10(9)4-2-1-3-5-10/h8-9,15H,1-7H2. The van der Waals surface area contributed by atoms with Crippen molar-refractivity contribution in [3.05, 3.63) is 0 Å². The normalized spacial score (nSPS) is 33.8. The van der Waals surface area contributed by atoms with Crippen molar-refractivity contribution in [2.75, 3.05) is 6.61 Å². The van der Waals surface area contributed by atoms with E-state index in [1.165, 1.54) is 0 Å². The molecule has 16 heavy (non-hydrogen) atoms. The molecule has 94 valence electrons. The number of halogens is 3. The number of hydrogen-bond donors (Lipinski definition) is 1. The van der Waals surface area contributed by atoms with E-state index in [0.29, 0.717) is 6.42 Å². The number of ether oxygens (including phenoxy) is 1. The summed E-state index contributed by atoms with van der Waals surface area (Å²) in [6.07, 6.45) is -0.0814. The third kappa shape index (κ3) is 2.20. The van der Waals surface area contributed by atoms with E-state index in [1.54, 1.807) is 0 Å². The molecule has 0 aromatic heterocycles. The van der Waals surface area contributed by atoms with Gasteiger partial charge in [-0.2, -0.15) is 13.2 Å². The Morgan fingerprint density at radius 1 is 1.19 bits per heavy atom. The fraction of sp³-hybridized carbons (Fsp3) is 1.00. The molecule has 0 bridgehead atoms. The minimum absolute atomic E-state index is 0.357. The van der Waals surface area contributed by atoms with Gasteiger partial charge in [-0.3, -0.25) is 0 Å². The van der Waals surface area contributed by atoms with Gasteiger partial charge in [-0.1, -0.05) is 19.3 Å². The molecule has 0 heterocycles. The van der Waals surface area contributed by atoms with Crippen molar-refractivity contribution in [1.29, 1.82) is 0 Å². The maximum absolute atomic E-state index is 12.0. The molecule has 0 aromatic carbocycles. The van der Waals surface area contributed by atoms with Gasteiger partial charge < -0.3 is 9.84 Å². The summed E-state index contributed by atoms with van der Waals surface area (Å²) in [5.41, 5.74) is -0.372. The van der Waals surface area contributed by atoms with E-state index >= 15 is 0 Å². The van der Waals surface area contributed by atoms with Crippen LogP contribution in [0.15, 0.2) is 0 Å². The van der Waals surface area contributed by atoms with Gasteiger partial charge in [0.2, 0.25) is 0 Å². The molecular weight excluding hydrogens is 221 g/mol. The lowest BCUT2D eigenvalue weighted by Gasteiger charge is -2.55. The fourth-order valence-corrected chi connectivity index (χ4v) is 3.02. The first kappa shape index (κ1) is 12.2. The van der Waals surface area contributed by atoms with Crippen LogP contribution in [0.5, 0.6) is 0 Å². The Bertz CT molecular complexity index is 246. The fourth-order valence-electron chi connectivity index (χ4n) is 3.02. The molecule has 5 heteroatoms. The highest BCUT2D eigenvalue weighted by Crippen LogP contribution is 2.53. The minimum Gasteiger partial charge on any atom is -0.392 e. The van der Waals surface area contributed by atoms with Gasteiger partial charge >= 0.3 is 6.18 Å². The molecule has 0 radical (unpaired) electrons. The van der Waals surface area contributed by atoms with Crippen molar-refractivity contribution in [2.45, 2.75) is 56.9 Å². The van der Waals surface area contributed by atoms with Crippen LogP contribution < -0.4 is 0 Å². The Labute approximate surface area is 92.8 Å². The van der Waals surface area contributed by atoms with Gasteiger partial charge in [0.1, 0.15) is 6.61 Å². The summed E-state index contributed by atoms with van der Waals surface area (Å²) in [6, 6.07) is 0. The highest BCUT2D eigenvalue weighted by molar-refractivity contribution is 5.05. The summed E-state index contributed by atoms with van der Waals surface area (Å²) in [5.74, 6) is 0. The third-order valence-electron chi connectivity index (χ3n) is 3.97. The zero-order chi connectivity index (χ0) is 11.8. The number of rotatable bonds is 2. The van der Waals surface area contributed by atoms with Crippen LogP contribution in [0.2, 0.25) is 0 Å². The molecule has 0 saturated heterocycles. The van der Waals surface area contributed by atoms with Gasteiger partial charge in [-0.25, -0.2) is 0 Å². The van der Waals surface area contributed by atoms with Crippen LogP contribution in [0.1, 0.15) is 38.5 Å². The van der Waals surface area contributed by atoms with Crippen LogP contribution in [0.25, 0.3) is 0 Å². The SMILES string of the molecule is OC1CC(OCC(F)(F)F)C12CCCCC2. The highest BCUT2D eigenvalue weighted by atomic mass is 19.4. The van der Waals surface area contributed by atoms with E-state index in [-0.39, 0.29) is 5.41 Å². The maximum Gasteiger partial charge on any atom is 0.411 e. The van der Waals surface area contributed by atoms with Crippen molar-refractivity contribution in [2.24, 2.45) is 5.41 Å². The van der Waals surface area contributed by atoms with E-state index < -0.39 is 25.0 Å². The van der Waals surface area contributed by atoms with E-state index in [2.05, 4.69) is 0 Å². The van der Waals surface area contributed by atoms with Gasteiger partial charge in [0.05, 0.1) is 12.2 Å². The Morgan fingerprint density at radius 2 is 1.81 bits per heavy atom. The second-order valence-electron chi connectivity index (χ2n) is 4.96. The Morgan fingerprint density at radius 3 is 2.31 bits per heavy atom. The average Bonchev–Trinajstić information content (AvgIpc) is 2.24. The second kappa shape index (κ2) is 4.18. The maximum atomic E-state index is 12.0. The van der Waals surface area contributed by atoms with E-state index in [4.69, 9.17) is 4.74 Å². The van der Waals surface area contributed by atoms with E-state index in [9.17, 15) is 18.3 Å². The largest absolute Gasteiger partial charge is 0.411 e. The third-order valence-corrected chi connectivity index (χ3v) is 3.97. The van der Waals surface area contributed by atoms with Crippen molar-refractivity contribution >= 4 is 0 Å². The van der Waals surface area contributed by atoms with E-state index in [0.717, 1.165) is 32.1 Å². The smallest absolute Gasteiger partial charge is 0.392 e. The van der Waals surface area contributed by atoms with Crippen LogP contribution in [0.4, 0.5) is 13.2 Å². The molecule has 1 N–H and O–H groups in total. The van der Waals surface area contributed by atoms with Crippen LogP contribution in [-0.2, 0) is 4.74 Å². The van der Waals surface area contributed by atoms with Gasteiger partial charge in [-0.05, 0) is 12.8 Å². The van der Waals surface area contributed by atoms with Crippen LogP contribution in [0.3, 0.4) is 0 Å². The minimum atomic E-state index is -4.27. The summed E-state index contributed by atoms with van der Waals surface area (Å²) in [4.78, 5) is 0. The molecule has 2 rings (SSSR count). The second-order valence-corrected chi connectivity index (χ2v) is 4.96. The van der Waals surface area contributed by atoms with Crippen LogP contribution in [-0.4, -0.2) is 30.1 Å². The monoisotopic (exact) mass is 238 g/mol. The summed E-state index contributed by atoms with van der Waals surface area (Å²) in [5, 5.41) is 9.76. The van der Waals surface area contributed by atoms with Gasteiger partial charge in [-0.15, -0.1) is 0 Å². The molecule has 2 aliphatic carbocycles. The predicted molar refractivity (Wildman–Crippen MR) is 51.9 cm³/mol. The first-order valence-electron chi connectivity index (χ1n) is 5.80. The zero-order valence-corrected chi connectivity index (χ0v) is 9.09. The van der Waals surface area contributed by atoms with E-state index in [1.807, 2.05) is 0 Å². The molecule has 2 unspecified atom stereocenters. The topological polar surface area (TPSA) is 29.5 Å². The molecule has 0 aromatic rings. The molecule has 2 atom stereocenters. The molecule has 1 spiro atoms. The quantitative estimate of drug-likeness (QED) is 0.801. The summed E-state index contributed by atoms with van der Waals surface area (Å²) >= 11 is 0. The number of hydrogen-bond acceptors (Lipinski definition) is 2. The van der Waals surface area contributed by atoms with Gasteiger partial charge in [0.25, 0.3) is 0 Å². The predicted octanol–water partition coefficient (Wildman–Crippen LogP) is 2.65. The zero-order valence-electron chi connectivity index (χ0n) is 9.09. The summed E-state index contributed by atoms with van der Waals surface area (Å²) < 4.78 is 41.0. The summed E-state index contributed by atoms with van der Waals surface area (Å²) in [6.45, 7) is -1.19. The first-order valence-corrected chi connectivity index (χ1v) is 5.80. The first-order chi connectivity index (χ1) is 7.44. The van der Waals surface area contributed by atoms with Crippen LogP contribution >= 0.6 is 0 Å². The Kier molecular flexibility index (Phi) is 3.18. The number of alkyl halides is 3. The lowest BCUT2D eigenvalue weighted by molar-refractivity contribution is -0.251. The summed E-state index contributed by atoms with van der Waals surface area (Å²) in [7, 11) is 0. The van der Waals surface area contributed by atoms with Gasteiger partial charge in [0.15, 0.2) is 0 Å². The average molecular weight is 238 g/mol. The molecular formula is C11H17F3O2. The molecule has 2 saturated carbocycles. The van der Waals surface area contributed by atoms with Gasteiger partial charge in [0, 0.05) is 11.8 Å². The van der Waals surface area contributed by atoms with Crippen molar-refractivity contribution in [1.82, 2.24) is 0 Å². The Hall–Kier alpha value is -0.290. The number of aliphatic hydroxyl groups excluding tert-OH is 1.